The minimum absolute atomic E-state index is 0.876. The molecule has 0 fully saturated rings. The molecule has 1 aromatic rings. The second kappa shape index (κ2) is 1.94. The van der Waals surface area contributed by atoms with Gasteiger partial charge in [-0.25, -0.2) is 0 Å². The summed E-state index contributed by atoms with van der Waals surface area (Å²) in [6.45, 7) is 3.83. The minimum atomic E-state index is 0.876. The highest BCUT2D eigenvalue weighted by Crippen LogP contribution is 2.05. The van der Waals surface area contributed by atoms with Gasteiger partial charge in [-0.15, -0.1) is 0 Å². The molecule has 1 aliphatic heterocycles. The summed E-state index contributed by atoms with van der Waals surface area (Å²) in [4.78, 5) is 4.30. The lowest BCUT2D eigenvalue weighted by molar-refractivity contribution is 0.606. The van der Waals surface area contributed by atoms with E-state index in [1.165, 1.54) is 0 Å². The second-order valence-electron chi connectivity index (χ2n) is 2.41. The summed E-state index contributed by atoms with van der Waals surface area (Å²) in [5.41, 5.74) is 2.26. The van der Waals surface area contributed by atoms with Crippen molar-refractivity contribution in [2.24, 2.45) is 4.99 Å². The SMILES string of the molecule is CC1=NCCn2nccc21. The lowest BCUT2D eigenvalue weighted by Gasteiger charge is -2.10. The Hall–Kier alpha value is -1.12. The number of fused-ring (bicyclic) bond motifs is 1. The van der Waals surface area contributed by atoms with E-state index in [4.69, 9.17) is 0 Å². The fourth-order valence-electron chi connectivity index (χ4n) is 1.21. The highest BCUT2D eigenvalue weighted by atomic mass is 15.3. The molecule has 0 unspecified atom stereocenters. The summed E-state index contributed by atoms with van der Waals surface area (Å²) in [6, 6.07) is 2.00. The lowest BCUT2D eigenvalue weighted by atomic mass is 10.2. The van der Waals surface area contributed by atoms with Gasteiger partial charge in [-0.3, -0.25) is 9.67 Å². The highest BCUT2D eigenvalue weighted by Gasteiger charge is 2.08. The Bertz CT molecular complexity index is 272. The molecule has 52 valence electrons. The maximum atomic E-state index is 4.30. The zero-order valence-corrected chi connectivity index (χ0v) is 5.91. The predicted octanol–water partition coefficient (Wildman–Crippen LogP) is 0.706. The maximum absolute atomic E-state index is 4.30. The third-order valence-electron chi connectivity index (χ3n) is 1.75. The van der Waals surface area contributed by atoms with Crippen molar-refractivity contribution in [3.8, 4) is 0 Å². The summed E-state index contributed by atoms with van der Waals surface area (Å²) >= 11 is 0. The molecule has 0 atom stereocenters. The molecule has 10 heavy (non-hydrogen) atoms. The van der Waals surface area contributed by atoms with Gasteiger partial charge in [0.05, 0.1) is 24.5 Å². The van der Waals surface area contributed by atoms with E-state index in [2.05, 4.69) is 10.1 Å². The molecule has 3 nitrogen and oxygen atoms in total. The quantitative estimate of drug-likeness (QED) is 0.515. The minimum Gasteiger partial charge on any atom is -0.286 e. The zero-order valence-electron chi connectivity index (χ0n) is 5.91. The maximum Gasteiger partial charge on any atom is 0.0818 e. The van der Waals surface area contributed by atoms with Crippen molar-refractivity contribution in [2.75, 3.05) is 6.54 Å². The first kappa shape index (κ1) is 5.65. The molecule has 0 amide bonds. The van der Waals surface area contributed by atoms with Crippen LogP contribution in [-0.4, -0.2) is 22.0 Å². The molecule has 2 rings (SSSR count). The third-order valence-corrected chi connectivity index (χ3v) is 1.75. The molecule has 0 saturated heterocycles. The highest BCUT2D eigenvalue weighted by molar-refractivity contribution is 5.97. The first-order valence-electron chi connectivity index (χ1n) is 3.41. The van der Waals surface area contributed by atoms with E-state index in [1.54, 1.807) is 0 Å². The molecule has 3 heteroatoms. The Balaban J connectivity index is 2.55. The van der Waals surface area contributed by atoms with Crippen molar-refractivity contribution in [1.29, 1.82) is 0 Å². The van der Waals surface area contributed by atoms with Crippen molar-refractivity contribution in [2.45, 2.75) is 13.5 Å². The van der Waals surface area contributed by atoms with Crippen molar-refractivity contribution in [3.05, 3.63) is 18.0 Å². The van der Waals surface area contributed by atoms with Crippen LogP contribution in [0.4, 0.5) is 0 Å². The summed E-state index contributed by atoms with van der Waals surface area (Å²) < 4.78 is 1.99. The van der Waals surface area contributed by atoms with Crippen LogP contribution in [0, 0.1) is 0 Å². The van der Waals surface area contributed by atoms with Gasteiger partial charge in [0.15, 0.2) is 0 Å². The summed E-state index contributed by atoms with van der Waals surface area (Å²) in [5.74, 6) is 0. The van der Waals surface area contributed by atoms with E-state index in [0.29, 0.717) is 0 Å². The Morgan fingerprint density at radius 3 is 3.30 bits per heavy atom. The molecule has 1 aromatic heterocycles. The lowest BCUT2D eigenvalue weighted by Crippen LogP contribution is -2.16. The van der Waals surface area contributed by atoms with E-state index in [-0.39, 0.29) is 0 Å². The third kappa shape index (κ3) is 0.667. The van der Waals surface area contributed by atoms with E-state index < -0.39 is 0 Å². The van der Waals surface area contributed by atoms with E-state index in [0.717, 1.165) is 24.5 Å². The summed E-state index contributed by atoms with van der Waals surface area (Å²) in [7, 11) is 0. The van der Waals surface area contributed by atoms with Gasteiger partial charge >= 0.3 is 0 Å². The first-order valence-corrected chi connectivity index (χ1v) is 3.41. The van der Waals surface area contributed by atoms with Crippen LogP contribution in [-0.2, 0) is 6.54 Å². The molecule has 1 aliphatic rings. The smallest absolute Gasteiger partial charge is 0.0818 e. The molecule has 0 aromatic carbocycles. The van der Waals surface area contributed by atoms with Gasteiger partial charge in [0.25, 0.3) is 0 Å². The van der Waals surface area contributed by atoms with Gasteiger partial charge in [-0.1, -0.05) is 0 Å². The van der Waals surface area contributed by atoms with Crippen LogP contribution >= 0.6 is 0 Å². The van der Waals surface area contributed by atoms with Gasteiger partial charge in [0.2, 0.25) is 0 Å². The Kier molecular flexibility index (Phi) is 1.09. The van der Waals surface area contributed by atoms with Gasteiger partial charge in [0, 0.05) is 6.20 Å². The van der Waals surface area contributed by atoms with Crippen LogP contribution in [0.5, 0.6) is 0 Å². The normalized spacial score (nSPS) is 16.3. The Morgan fingerprint density at radius 2 is 2.50 bits per heavy atom. The fraction of sp³-hybridized carbons (Fsp3) is 0.429. The van der Waals surface area contributed by atoms with Gasteiger partial charge in [-0.05, 0) is 13.0 Å². The van der Waals surface area contributed by atoms with Crippen LogP contribution in [0.1, 0.15) is 12.6 Å². The van der Waals surface area contributed by atoms with Gasteiger partial charge < -0.3 is 0 Å². The van der Waals surface area contributed by atoms with Crippen molar-refractivity contribution < 1.29 is 0 Å². The molecule has 0 N–H and O–H groups in total. The molecule has 0 radical (unpaired) electrons. The zero-order chi connectivity index (χ0) is 6.97. The van der Waals surface area contributed by atoms with E-state index in [1.807, 2.05) is 23.9 Å². The van der Waals surface area contributed by atoms with Crippen LogP contribution < -0.4 is 0 Å². The second-order valence-corrected chi connectivity index (χ2v) is 2.41. The molecule has 0 spiro atoms. The standard InChI is InChI=1S/C7H9N3/c1-6-7-2-3-9-10(7)5-4-8-6/h2-3H,4-5H2,1H3. The molecule has 2 heterocycles. The summed E-state index contributed by atoms with van der Waals surface area (Å²) in [6.07, 6.45) is 1.82. The van der Waals surface area contributed by atoms with E-state index >= 15 is 0 Å². The molecular formula is C7H9N3. The first-order chi connectivity index (χ1) is 4.88. The van der Waals surface area contributed by atoms with Gasteiger partial charge in [0.1, 0.15) is 0 Å². The van der Waals surface area contributed by atoms with Crippen molar-refractivity contribution in [1.82, 2.24) is 9.78 Å². The largest absolute Gasteiger partial charge is 0.286 e. The number of nitrogens with zero attached hydrogens (tertiary/aromatic N) is 3. The van der Waals surface area contributed by atoms with Crippen LogP contribution in [0.15, 0.2) is 17.3 Å². The Morgan fingerprint density at radius 1 is 1.60 bits per heavy atom. The predicted molar refractivity (Wildman–Crippen MR) is 39.3 cm³/mol. The molecule has 0 aliphatic carbocycles. The fourth-order valence-corrected chi connectivity index (χ4v) is 1.21. The average Bonchev–Trinajstić information content (AvgIpc) is 2.36. The topological polar surface area (TPSA) is 30.2 Å². The Labute approximate surface area is 59.4 Å². The van der Waals surface area contributed by atoms with E-state index in [9.17, 15) is 0 Å². The monoisotopic (exact) mass is 135 g/mol. The molecular weight excluding hydrogens is 126 g/mol. The number of hydrogen-bond acceptors (Lipinski definition) is 2. The number of aromatic nitrogens is 2. The van der Waals surface area contributed by atoms with Crippen LogP contribution in [0.25, 0.3) is 0 Å². The molecule has 0 saturated carbocycles. The van der Waals surface area contributed by atoms with Gasteiger partial charge in [-0.2, -0.15) is 5.10 Å². The van der Waals surface area contributed by atoms with Crippen LogP contribution in [0.3, 0.4) is 0 Å². The summed E-state index contributed by atoms with van der Waals surface area (Å²) in [5, 5.41) is 4.14. The van der Waals surface area contributed by atoms with Crippen molar-refractivity contribution >= 4 is 5.71 Å². The van der Waals surface area contributed by atoms with Crippen LogP contribution in [0.2, 0.25) is 0 Å². The molecule has 0 bridgehead atoms. The number of rotatable bonds is 0. The number of aliphatic imine (C=N–C) groups is 1. The number of hydrogen-bond donors (Lipinski definition) is 0. The van der Waals surface area contributed by atoms with Crippen molar-refractivity contribution in [3.63, 3.8) is 0 Å². The average molecular weight is 135 g/mol.